The molecule has 1 saturated heterocycles. The van der Waals surface area contributed by atoms with Gasteiger partial charge in [0.1, 0.15) is 11.7 Å². The highest BCUT2D eigenvalue weighted by atomic mass is 32.2. The van der Waals surface area contributed by atoms with Crippen LogP contribution in [-0.4, -0.2) is 27.9 Å². The first-order valence-electron chi connectivity index (χ1n) is 6.40. The van der Waals surface area contributed by atoms with Crippen LogP contribution in [0.5, 0.6) is 0 Å². The molecule has 0 bridgehead atoms. The third-order valence-corrected chi connectivity index (χ3v) is 6.06. The second-order valence-electron chi connectivity index (χ2n) is 5.47. The number of nitro benzene ring substituents is 1. The van der Waals surface area contributed by atoms with E-state index in [0.29, 0.717) is 17.6 Å². The summed E-state index contributed by atoms with van der Waals surface area (Å²) in [5.74, 6) is 0.274. The molecule has 3 rings (SSSR count). The standard InChI is InChI=1S/C13H12N2O5S/c1-7-2-3-8(14(17)18)4-9(7)12-13(6-16)10(5-21-12)11(13)15(19)20/h2-4,6,10-12H,5H2,1H3/t10-,11-,12-,13-/m1/s1. The maximum absolute atomic E-state index is 11.5. The van der Waals surface area contributed by atoms with Crippen LogP contribution in [0.1, 0.15) is 16.4 Å². The summed E-state index contributed by atoms with van der Waals surface area (Å²) >= 11 is 1.47. The number of non-ortho nitro benzene ring substituents is 1. The molecule has 1 aliphatic heterocycles. The minimum absolute atomic E-state index is 0.0565. The van der Waals surface area contributed by atoms with Crippen molar-refractivity contribution >= 4 is 23.7 Å². The Balaban J connectivity index is 2.05. The number of carbonyl (C=O) groups excluding carboxylic acids is 1. The van der Waals surface area contributed by atoms with Crippen molar-refractivity contribution in [2.75, 3.05) is 5.75 Å². The lowest BCUT2D eigenvalue weighted by atomic mass is 9.91. The van der Waals surface area contributed by atoms with Crippen molar-refractivity contribution in [3.05, 3.63) is 49.6 Å². The Morgan fingerprint density at radius 3 is 2.62 bits per heavy atom. The molecule has 2 aliphatic rings. The maximum atomic E-state index is 11.5. The Kier molecular flexibility index (Phi) is 3.01. The number of aryl methyl sites for hydroxylation is 1. The average molecular weight is 308 g/mol. The lowest BCUT2D eigenvalue weighted by Gasteiger charge is -2.19. The fourth-order valence-electron chi connectivity index (χ4n) is 3.34. The summed E-state index contributed by atoms with van der Waals surface area (Å²) in [4.78, 5) is 32.7. The van der Waals surface area contributed by atoms with Crippen LogP contribution in [0, 0.1) is 38.5 Å². The van der Waals surface area contributed by atoms with Gasteiger partial charge in [0, 0.05) is 28.1 Å². The van der Waals surface area contributed by atoms with Gasteiger partial charge in [-0.2, -0.15) is 11.8 Å². The zero-order chi connectivity index (χ0) is 15.4. The van der Waals surface area contributed by atoms with Crippen molar-refractivity contribution in [3.63, 3.8) is 0 Å². The molecule has 0 radical (unpaired) electrons. The van der Waals surface area contributed by atoms with Gasteiger partial charge in [-0.25, -0.2) is 0 Å². The summed E-state index contributed by atoms with van der Waals surface area (Å²) < 4.78 is 0. The fourth-order valence-corrected chi connectivity index (χ4v) is 5.31. The van der Waals surface area contributed by atoms with Crippen LogP contribution in [0.25, 0.3) is 0 Å². The van der Waals surface area contributed by atoms with E-state index < -0.39 is 21.3 Å². The Morgan fingerprint density at radius 2 is 2.10 bits per heavy atom. The molecule has 21 heavy (non-hydrogen) atoms. The van der Waals surface area contributed by atoms with Gasteiger partial charge in [0.2, 0.25) is 6.04 Å². The first-order chi connectivity index (χ1) is 9.93. The number of aldehydes is 1. The number of benzene rings is 1. The van der Waals surface area contributed by atoms with Crippen molar-refractivity contribution in [1.29, 1.82) is 0 Å². The summed E-state index contributed by atoms with van der Waals surface area (Å²) in [6, 6.07) is 3.61. The van der Waals surface area contributed by atoms with E-state index in [2.05, 4.69) is 0 Å². The lowest BCUT2D eigenvalue weighted by molar-refractivity contribution is -0.503. The smallest absolute Gasteiger partial charge is 0.269 e. The van der Waals surface area contributed by atoms with E-state index in [4.69, 9.17) is 0 Å². The van der Waals surface area contributed by atoms with Crippen molar-refractivity contribution in [2.45, 2.75) is 18.2 Å². The highest BCUT2D eigenvalue weighted by molar-refractivity contribution is 8.00. The summed E-state index contributed by atoms with van der Waals surface area (Å²) in [5.41, 5.74) is 0.412. The Morgan fingerprint density at radius 1 is 1.38 bits per heavy atom. The Hall–Kier alpha value is -1.96. The Labute approximate surface area is 124 Å². The maximum Gasteiger partial charge on any atom is 0.269 e. The molecule has 0 amide bonds. The highest BCUT2D eigenvalue weighted by Gasteiger charge is 2.80. The number of hydrogen-bond acceptors (Lipinski definition) is 6. The lowest BCUT2D eigenvalue weighted by Crippen LogP contribution is -2.22. The van der Waals surface area contributed by atoms with Crippen LogP contribution in [0.2, 0.25) is 0 Å². The second kappa shape index (κ2) is 4.52. The van der Waals surface area contributed by atoms with E-state index in [1.165, 1.54) is 23.9 Å². The first-order valence-corrected chi connectivity index (χ1v) is 7.44. The molecule has 1 aromatic carbocycles. The van der Waals surface area contributed by atoms with Gasteiger partial charge in [-0.3, -0.25) is 20.2 Å². The Bertz CT molecular complexity index is 664. The van der Waals surface area contributed by atoms with Gasteiger partial charge in [-0.15, -0.1) is 0 Å². The van der Waals surface area contributed by atoms with Crippen LogP contribution in [0.15, 0.2) is 18.2 Å². The van der Waals surface area contributed by atoms with Gasteiger partial charge in [-0.05, 0) is 18.1 Å². The summed E-state index contributed by atoms with van der Waals surface area (Å²) in [6.07, 6.45) is 0.689. The molecule has 8 heteroatoms. The van der Waals surface area contributed by atoms with Crippen LogP contribution in [0.3, 0.4) is 0 Å². The third kappa shape index (κ3) is 1.78. The van der Waals surface area contributed by atoms with Crippen LogP contribution in [-0.2, 0) is 4.79 Å². The molecule has 1 saturated carbocycles. The van der Waals surface area contributed by atoms with Gasteiger partial charge in [0.05, 0.1) is 10.8 Å². The summed E-state index contributed by atoms with van der Waals surface area (Å²) in [6.45, 7) is 1.80. The van der Waals surface area contributed by atoms with E-state index in [9.17, 15) is 25.0 Å². The molecule has 1 aromatic rings. The zero-order valence-corrected chi connectivity index (χ0v) is 11.9. The average Bonchev–Trinajstić information content (AvgIpc) is 2.96. The summed E-state index contributed by atoms with van der Waals surface area (Å²) in [7, 11) is 0. The molecule has 2 fully saturated rings. The SMILES string of the molecule is Cc1ccc([N+](=O)[O-])cc1[C@H]1SC[C@@H]2[C@@H]([N+](=O)[O-])[C@]12C=O. The number of thioether (sulfide) groups is 1. The monoisotopic (exact) mass is 308 g/mol. The topological polar surface area (TPSA) is 103 Å². The molecular weight excluding hydrogens is 296 g/mol. The molecule has 110 valence electrons. The van der Waals surface area contributed by atoms with E-state index in [1.54, 1.807) is 13.0 Å². The number of nitro groups is 2. The van der Waals surface area contributed by atoms with Gasteiger partial charge < -0.3 is 4.79 Å². The molecular formula is C13H12N2O5S. The van der Waals surface area contributed by atoms with Crippen molar-refractivity contribution in [1.82, 2.24) is 0 Å². The minimum atomic E-state index is -1.01. The number of nitrogens with zero attached hydrogens (tertiary/aromatic N) is 2. The molecule has 0 spiro atoms. The van der Waals surface area contributed by atoms with Crippen molar-refractivity contribution < 1.29 is 14.6 Å². The zero-order valence-electron chi connectivity index (χ0n) is 11.1. The van der Waals surface area contributed by atoms with E-state index in [0.717, 1.165) is 5.56 Å². The predicted molar refractivity (Wildman–Crippen MR) is 75.8 cm³/mol. The predicted octanol–water partition coefficient (Wildman–Crippen LogP) is 2.15. The molecule has 7 nitrogen and oxygen atoms in total. The summed E-state index contributed by atoms with van der Waals surface area (Å²) in [5, 5.41) is 21.6. The minimum Gasteiger partial charge on any atom is -0.302 e. The van der Waals surface area contributed by atoms with E-state index >= 15 is 0 Å². The molecule has 1 aliphatic carbocycles. The molecule has 0 aromatic heterocycles. The van der Waals surface area contributed by atoms with Crippen LogP contribution >= 0.6 is 11.8 Å². The molecule has 0 unspecified atom stereocenters. The van der Waals surface area contributed by atoms with E-state index in [-0.39, 0.29) is 16.9 Å². The fraction of sp³-hybridized carbons (Fsp3) is 0.462. The van der Waals surface area contributed by atoms with Crippen molar-refractivity contribution in [3.8, 4) is 0 Å². The van der Waals surface area contributed by atoms with Crippen LogP contribution < -0.4 is 0 Å². The quantitative estimate of drug-likeness (QED) is 0.479. The largest absolute Gasteiger partial charge is 0.302 e. The van der Waals surface area contributed by atoms with Gasteiger partial charge in [-0.1, -0.05) is 6.07 Å². The van der Waals surface area contributed by atoms with Gasteiger partial charge in [0.15, 0.2) is 0 Å². The van der Waals surface area contributed by atoms with Gasteiger partial charge in [0.25, 0.3) is 5.69 Å². The van der Waals surface area contributed by atoms with E-state index in [1.807, 2.05) is 0 Å². The highest BCUT2D eigenvalue weighted by Crippen LogP contribution is 2.71. The number of hydrogen-bond donors (Lipinski definition) is 0. The first kappa shape index (κ1) is 14.0. The normalized spacial score (nSPS) is 33.3. The second-order valence-corrected chi connectivity index (χ2v) is 6.60. The molecule has 0 N–H and O–H groups in total. The van der Waals surface area contributed by atoms with Crippen LogP contribution in [0.4, 0.5) is 5.69 Å². The molecule has 1 heterocycles. The number of fused-ring (bicyclic) bond motifs is 1. The van der Waals surface area contributed by atoms with Gasteiger partial charge >= 0.3 is 0 Å². The van der Waals surface area contributed by atoms with Crippen molar-refractivity contribution in [2.24, 2.45) is 11.3 Å². The number of carbonyl (C=O) groups is 1. The number of rotatable bonds is 4. The molecule has 4 atom stereocenters. The third-order valence-electron chi connectivity index (χ3n) is 4.51.